The van der Waals surface area contributed by atoms with Gasteiger partial charge >= 0.3 is 11.9 Å². The number of hydrogen-bond donors (Lipinski definition) is 4. The highest BCUT2D eigenvalue weighted by Crippen LogP contribution is 2.36. The lowest BCUT2D eigenvalue weighted by Gasteiger charge is -2.36. The fourth-order valence-corrected chi connectivity index (χ4v) is 11.6. The summed E-state index contributed by atoms with van der Waals surface area (Å²) in [5.74, 6) is -1.17. The van der Waals surface area contributed by atoms with Gasteiger partial charge in [0.25, 0.3) is 11.8 Å². The quantitative estimate of drug-likeness (QED) is 0.100. The Labute approximate surface area is 479 Å². The van der Waals surface area contributed by atoms with Crippen molar-refractivity contribution in [1.29, 1.82) is 5.41 Å². The molecule has 0 bridgehead atoms. The number of nitrogens with two attached hydrogens (primary N) is 1. The summed E-state index contributed by atoms with van der Waals surface area (Å²) in [6.07, 6.45) is 5.53. The van der Waals surface area contributed by atoms with Gasteiger partial charge in [0, 0.05) is 145 Å². The molecule has 0 spiro atoms. The van der Waals surface area contributed by atoms with Crippen LogP contribution >= 0.6 is 24.4 Å². The van der Waals surface area contributed by atoms with Gasteiger partial charge in [-0.1, -0.05) is 31.9 Å². The standard InChI is InChI=1S/C9H15N3O.C9H15N3S.C9H15NO3.C8H13N3O.C8H13N3S.C8H13NO3.CH4N2.CH4/c2*1-9-6-11(2)5-4-7(9)10-12(3)8(9)13;1-9(8(12)13-3)6-10(2)5-4-7(9)11;2*1-8-5-9-4-3-6(8)10-11(2)7(8)12;1-9-4-3-7(10)6(5-9)8(11)12-2;2-1-3;/h3*4-6H2,1-3H3;2*9H,3-5H2,1-2H3;6H,3-5H2,1-2H3;1H,(H3,2,3);1H4. The van der Waals surface area contributed by atoms with E-state index >= 15 is 0 Å². The van der Waals surface area contributed by atoms with E-state index in [1.54, 1.807) is 21.0 Å². The highest BCUT2D eigenvalue weighted by Gasteiger charge is 2.50. The molecule has 2 amide bonds. The van der Waals surface area contributed by atoms with Gasteiger partial charge in [0.1, 0.15) is 37.9 Å². The predicted molar refractivity (Wildman–Crippen MR) is 317 cm³/mol. The Kier molecular flexibility index (Phi) is 24.6. The topological polar surface area (TPSA) is 270 Å². The molecule has 0 aromatic carbocycles. The Morgan fingerprint density at radius 1 is 0.582 bits per heavy atom. The Morgan fingerprint density at radius 2 is 0.975 bits per heavy atom. The number of rotatable bonds is 2. The second-order valence-corrected chi connectivity index (χ2v) is 23.4. The molecule has 26 heteroatoms. The molecular formula is C53H92N16O8S2. The molecule has 10 aliphatic rings. The van der Waals surface area contributed by atoms with E-state index in [1.165, 1.54) is 35.7 Å². The van der Waals surface area contributed by atoms with Gasteiger partial charge in [0.15, 0.2) is 5.78 Å². The molecule has 0 radical (unpaired) electrons. The first-order valence-electron chi connectivity index (χ1n) is 26.5. The number of fused-ring (bicyclic) bond motifs is 4. The minimum absolute atomic E-state index is 0. The molecule has 5 N–H and O–H groups in total. The van der Waals surface area contributed by atoms with Crippen LogP contribution in [0.3, 0.4) is 0 Å². The molecule has 6 saturated heterocycles. The van der Waals surface area contributed by atoms with Crippen molar-refractivity contribution < 1.29 is 38.2 Å². The molecule has 6 fully saturated rings. The molecule has 79 heavy (non-hydrogen) atoms. The molecule has 10 rings (SSSR count). The number of nitrogens with zero attached hydrogens (tertiary/aromatic N) is 12. The number of esters is 2. The Balaban J connectivity index is 0.000000246. The van der Waals surface area contributed by atoms with Crippen molar-refractivity contribution >= 4 is 98.9 Å². The predicted octanol–water partition coefficient (Wildman–Crippen LogP) is 1.48. The maximum absolute atomic E-state index is 11.8. The number of likely N-dealkylation sites (tertiary alicyclic amines) is 4. The van der Waals surface area contributed by atoms with Crippen LogP contribution in [0.1, 0.15) is 80.6 Å². The number of ketones is 2. The van der Waals surface area contributed by atoms with Gasteiger partial charge in [0.05, 0.1) is 54.2 Å². The van der Waals surface area contributed by atoms with E-state index in [-0.39, 0.29) is 52.5 Å². The molecule has 10 aliphatic heterocycles. The first-order chi connectivity index (χ1) is 36.4. The monoisotopic (exact) mass is 1140 g/mol. The molecule has 6 unspecified atom stereocenters. The lowest BCUT2D eigenvalue weighted by molar-refractivity contribution is -0.160. The van der Waals surface area contributed by atoms with Crippen LogP contribution in [-0.2, 0) is 38.2 Å². The first-order valence-corrected chi connectivity index (χ1v) is 27.3. The molecule has 0 aromatic heterocycles. The van der Waals surface area contributed by atoms with Gasteiger partial charge in [-0.25, -0.2) is 10.0 Å². The lowest BCUT2D eigenvalue weighted by atomic mass is 9.80. The maximum Gasteiger partial charge on any atom is 0.320 e. The van der Waals surface area contributed by atoms with Crippen LogP contribution in [0.2, 0.25) is 0 Å². The SMILES string of the molecule is C.CN1CCC2=NN(C)C(=O)C2(C)C1.CN1CCC2=NN(C)C(=S)C2(C)C1.CN1N=C2CCNCC2(C)C1=O.CN1N=C2CCNCC2(C)C1=S.COC(=O)C1(C)CN(C)CCC1=O.COC(=O)C1CN(C)CCC1=O.N=CN. The van der Waals surface area contributed by atoms with Crippen LogP contribution in [-0.4, -0.2) is 263 Å². The third-order valence-electron chi connectivity index (χ3n) is 16.0. The maximum atomic E-state index is 11.8. The van der Waals surface area contributed by atoms with E-state index in [2.05, 4.69) is 76.9 Å². The normalized spacial score (nSPS) is 31.1. The van der Waals surface area contributed by atoms with Crippen LogP contribution in [0.5, 0.6) is 0 Å². The minimum atomic E-state index is -0.957. The van der Waals surface area contributed by atoms with E-state index in [4.69, 9.17) is 29.8 Å². The van der Waals surface area contributed by atoms with Crippen molar-refractivity contribution in [2.45, 2.75) is 80.6 Å². The molecule has 444 valence electrons. The molecular weight excluding hydrogens is 1050 g/mol. The first kappa shape index (κ1) is 68.2. The van der Waals surface area contributed by atoms with E-state index in [0.717, 1.165) is 119 Å². The number of nitrogens with one attached hydrogen (secondary N) is 3. The van der Waals surface area contributed by atoms with Crippen molar-refractivity contribution in [3.63, 3.8) is 0 Å². The number of carbonyl (C=O) groups is 6. The molecule has 0 saturated carbocycles. The van der Waals surface area contributed by atoms with Gasteiger partial charge in [0.2, 0.25) is 0 Å². The average Bonchev–Trinajstić information content (AvgIpc) is 3.99. The van der Waals surface area contributed by atoms with Crippen molar-refractivity contribution in [3.8, 4) is 0 Å². The number of ether oxygens (including phenoxy) is 2. The summed E-state index contributed by atoms with van der Waals surface area (Å²) in [6.45, 7) is 20.0. The van der Waals surface area contributed by atoms with Crippen LogP contribution in [0.4, 0.5) is 0 Å². The summed E-state index contributed by atoms with van der Waals surface area (Å²) in [5.41, 5.74) is 7.37. The number of thiocarbonyl (C=S) groups is 2. The summed E-state index contributed by atoms with van der Waals surface area (Å²) < 4.78 is 9.15. The number of hydrogen-bond acceptors (Lipinski definition) is 21. The molecule has 6 atom stereocenters. The van der Waals surface area contributed by atoms with E-state index in [0.29, 0.717) is 25.9 Å². The number of amides is 2. The fraction of sp³-hybridized carbons (Fsp3) is 0.755. The second-order valence-electron chi connectivity index (χ2n) is 22.6. The van der Waals surface area contributed by atoms with Crippen LogP contribution in [0.25, 0.3) is 0 Å². The second kappa shape index (κ2) is 28.6. The van der Waals surface area contributed by atoms with Crippen LogP contribution in [0, 0.1) is 38.4 Å². The fourth-order valence-electron chi connectivity index (χ4n) is 11.2. The van der Waals surface area contributed by atoms with Gasteiger partial charge in [-0.05, 0) is 62.8 Å². The third-order valence-corrected chi connectivity index (χ3v) is 17.5. The highest BCUT2D eigenvalue weighted by atomic mass is 32.1. The molecule has 0 aliphatic carbocycles. The number of hydrazone groups is 4. The van der Waals surface area contributed by atoms with Gasteiger partial charge in [-0.3, -0.25) is 44.2 Å². The largest absolute Gasteiger partial charge is 0.468 e. The zero-order valence-electron chi connectivity index (χ0n) is 48.9. The molecule has 24 nitrogen and oxygen atoms in total. The summed E-state index contributed by atoms with van der Waals surface area (Å²) >= 11 is 10.7. The Morgan fingerprint density at radius 3 is 1.46 bits per heavy atom. The van der Waals surface area contributed by atoms with Crippen molar-refractivity contribution in [2.24, 2.45) is 59.1 Å². The lowest BCUT2D eigenvalue weighted by Crippen LogP contribution is -2.51. The number of Topliss-reactive ketones (excluding diaryl/α,β-unsaturated/α-hetero) is 2. The van der Waals surface area contributed by atoms with E-state index < -0.39 is 23.3 Å². The van der Waals surface area contributed by atoms with E-state index in [9.17, 15) is 28.8 Å². The summed E-state index contributed by atoms with van der Waals surface area (Å²) in [6, 6.07) is 0. The molecule has 10 heterocycles. The van der Waals surface area contributed by atoms with Crippen molar-refractivity contribution in [1.82, 2.24) is 50.3 Å². The van der Waals surface area contributed by atoms with Gasteiger partial charge < -0.3 is 45.4 Å². The average molecular weight is 1150 g/mol. The Bertz CT molecular complexity index is 2290. The van der Waals surface area contributed by atoms with Crippen molar-refractivity contribution in [3.05, 3.63) is 0 Å². The minimum Gasteiger partial charge on any atom is -0.468 e. The zero-order chi connectivity index (χ0) is 58.7. The smallest absolute Gasteiger partial charge is 0.320 e. The zero-order valence-corrected chi connectivity index (χ0v) is 50.5. The Hall–Kier alpha value is -5.09. The highest BCUT2D eigenvalue weighted by molar-refractivity contribution is 7.80. The van der Waals surface area contributed by atoms with Gasteiger partial charge in [-0.15, -0.1) is 0 Å². The number of carbonyl (C=O) groups excluding carboxylic acids is 6. The van der Waals surface area contributed by atoms with Crippen molar-refractivity contribution in [2.75, 3.05) is 149 Å². The van der Waals surface area contributed by atoms with E-state index in [1.807, 2.05) is 68.9 Å². The van der Waals surface area contributed by atoms with Crippen LogP contribution < -0.4 is 16.4 Å². The number of methoxy groups -OCH3 is 2. The summed E-state index contributed by atoms with van der Waals surface area (Å²) in [5, 5.41) is 36.5. The summed E-state index contributed by atoms with van der Waals surface area (Å²) in [7, 11) is 17.9. The van der Waals surface area contributed by atoms with Crippen LogP contribution in [0.15, 0.2) is 20.4 Å². The summed E-state index contributed by atoms with van der Waals surface area (Å²) in [4.78, 5) is 79.0. The number of piperidine rings is 6. The molecule has 0 aromatic rings. The van der Waals surface area contributed by atoms with Gasteiger partial charge in [-0.2, -0.15) is 20.4 Å². The third kappa shape index (κ3) is 15.5.